The van der Waals surface area contributed by atoms with Gasteiger partial charge in [-0.1, -0.05) is 26.7 Å². The van der Waals surface area contributed by atoms with Gasteiger partial charge in [0.05, 0.1) is 0 Å². The molecule has 0 unspecified atom stereocenters. The zero-order valence-corrected chi connectivity index (χ0v) is 7.76. The van der Waals surface area contributed by atoms with Gasteiger partial charge in [0.2, 0.25) is 0 Å². The van der Waals surface area contributed by atoms with E-state index in [1.54, 1.807) is 0 Å². The molecular weight excluding hydrogens is 178 g/mol. The van der Waals surface area contributed by atoms with Gasteiger partial charge in [-0.3, -0.25) is 9.78 Å². The molecular formula is C6H11N3O2S. The Morgan fingerprint density at radius 2 is 2.00 bits per heavy atom. The van der Waals surface area contributed by atoms with Gasteiger partial charge in [-0.15, -0.1) is 0 Å². The van der Waals surface area contributed by atoms with E-state index >= 15 is 0 Å². The van der Waals surface area contributed by atoms with Crippen LogP contribution in [0.4, 0.5) is 5.82 Å². The van der Waals surface area contributed by atoms with Crippen LogP contribution in [0.1, 0.15) is 13.8 Å². The molecule has 1 aromatic heterocycles. The number of aromatic nitrogens is 2. The van der Waals surface area contributed by atoms with Crippen LogP contribution in [0.2, 0.25) is 0 Å². The molecule has 6 heteroatoms. The maximum absolute atomic E-state index is 10.6. The largest absolute Gasteiger partial charge is 0.384 e. The second-order valence-corrected chi connectivity index (χ2v) is 2.08. The molecule has 0 aliphatic rings. The normalized spacial score (nSPS) is 8.58. The van der Waals surface area contributed by atoms with E-state index in [1.165, 1.54) is 0 Å². The zero-order valence-electron chi connectivity index (χ0n) is 6.87. The smallest absolute Gasteiger partial charge is 0.340 e. The van der Waals surface area contributed by atoms with Crippen LogP contribution in [0.15, 0.2) is 15.7 Å². The Balaban J connectivity index is 0.000000561. The second-order valence-electron chi connectivity index (χ2n) is 1.68. The third-order valence-corrected chi connectivity index (χ3v) is 1.36. The maximum Gasteiger partial charge on any atom is 0.340 e. The lowest BCUT2D eigenvalue weighted by molar-refractivity contribution is 1.01. The topological polar surface area (TPSA) is 80.9 Å². The Morgan fingerprint density at radius 1 is 1.50 bits per heavy atom. The highest BCUT2D eigenvalue weighted by molar-refractivity contribution is 7.78. The van der Waals surface area contributed by atoms with Crippen molar-refractivity contribution in [2.75, 3.05) is 5.73 Å². The van der Waals surface area contributed by atoms with E-state index in [4.69, 9.17) is 5.73 Å². The number of rotatable bonds is 0. The minimum absolute atomic E-state index is 0.0251. The number of aromatic amines is 1. The van der Waals surface area contributed by atoms with E-state index < -0.39 is 11.2 Å². The van der Waals surface area contributed by atoms with E-state index in [1.807, 2.05) is 18.8 Å². The van der Waals surface area contributed by atoms with Crippen LogP contribution in [-0.2, 0) is 0 Å². The molecule has 0 aliphatic heterocycles. The van der Waals surface area contributed by atoms with Crippen molar-refractivity contribution in [3.8, 4) is 0 Å². The highest BCUT2D eigenvalue weighted by Crippen LogP contribution is 1.91. The van der Waals surface area contributed by atoms with Gasteiger partial charge in [0, 0.05) is 6.07 Å². The molecule has 1 rings (SSSR count). The molecule has 0 saturated heterocycles. The lowest BCUT2D eigenvalue weighted by Crippen LogP contribution is -2.26. The van der Waals surface area contributed by atoms with Crippen LogP contribution in [0.25, 0.3) is 0 Å². The summed E-state index contributed by atoms with van der Waals surface area (Å²) in [6.45, 7) is 4.00. The van der Waals surface area contributed by atoms with E-state index in [2.05, 4.69) is 12.8 Å². The van der Waals surface area contributed by atoms with Crippen LogP contribution in [0.5, 0.6) is 0 Å². The van der Waals surface area contributed by atoms with Crippen molar-refractivity contribution in [2.24, 2.45) is 0 Å². The number of H-pyrrole nitrogens is 1. The van der Waals surface area contributed by atoms with E-state index in [0.717, 1.165) is 10.0 Å². The number of thiol groups is 1. The lowest BCUT2D eigenvalue weighted by atomic mass is 10.6. The lowest BCUT2D eigenvalue weighted by Gasteiger charge is -1.96. The van der Waals surface area contributed by atoms with Crippen molar-refractivity contribution in [2.45, 2.75) is 13.8 Å². The van der Waals surface area contributed by atoms with E-state index in [-0.39, 0.29) is 5.82 Å². The highest BCUT2D eigenvalue weighted by Gasteiger charge is 1.95. The SMILES string of the molecule is CC.Nc1cc(=O)[nH]c(=O)n1S. The fourth-order valence-corrected chi connectivity index (χ4v) is 0.615. The zero-order chi connectivity index (χ0) is 9.72. The molecule has 0 aromatic carbocycles. The van der Waals surface area contributed by atoms with Crippen LogP contribution >= 0.6 is 12.8 Å². The van der Waals surface area contributed by atoms with Crippen molar-refractivity contribution >= 4 is 18.6 Å². The van der Waals surface area contributed by atoms with Crippen molar-refractivity contribution in [3.05, 3.63) is 26.9 Å². The third-order valence-electron chi connectivity index (χ3n) is 0.946. The standard InChI is InChI=1S/C4H5N3O2S.C2H6/c5-2-1-3(8)6-4(9)7(2)10;1-2/h1,10H,5H2,(H,6,8,9);1-2H3. The van der Waals surface area contributed by atoms with Gasteiger partial charge in [0.15, 0.2) is 0 Å². The summed E-state index contributed by atoms with van der Waals surface area (Å²) in [7, 11) is 0. The first kappa shape index (κ1) is 10.8. The van der Waals surface area contributed by atoms with Gasteiger partial charge in [0.25, 0.3) is 5.56 Å². The summed E-state index contributed by atoms with van der Waals surface area (Å²) in [4.78, 5) is 23.1. The van der Waals surface area contributed by atoms with Crippen molar-refractivity contribution < 1.29 is 0 Å². The van der Waals surface area contributed by atoms with Gasteiger partial charge in [0.1, 0.15) is 5.82 Å². The first-order chi connectivity index (χ1) is 5.61. The number of hydrogen-bond acceptors (Lipinski definition) is 4. The van der Waals surface area contributed by atoms with Crippen molar-refractivity contribution in [3.63, 3.8) is 0 Å². The number of hydrogen-bond donors (Lipinski definition) is 3. The van der Waals surface area contributed by atoms with Crippen molar-refractivity contribution in [1.82, 2.24) is 8.96 Å². The van der Waals surface area contributed by atoms with Gasteiger partial charge < -0.3 is 5.73 Å². The number of anilines is 1. The molecule has 1 aromatic rings. The molecule has 12 heavy (non-hydrogen) atoms. The molecule has 68 valence electrons. The molecule has 0 bridgehead atoms. The molecule has 0 radical (unpaired) electrons. The molecule has 1 heterocycles. The van der Waals surface area contributed by atoms with E-state index in [9.17, 15) is 9.59 Å². The van der Waals surface area contributed by atoms with Crippen LogP contribution in [0.3, 0.4) is 0 Å². The average molecular weight is 189 g/mol. The summed E-state index contributed by atoms with van der Waals surface area (Å²) >= 11 is 3.67. The minimum atomic E-state index is -0.631. The van der Waals surface area contributed by atoms with Gasteiger partial charge >= 0.3 is 5.69 Å². The average Bonchev–Trinajstić information content (AvgIpc) is 2.04. The molecule has 5 nitrogen and oxygen atoms in total. The molecule has 0 amide bonds. The molecule has 0 fully saturated rings. The molecule has 0 atom stereocenters. The predicted molar refractivity (Wildman–Crippen MR) is 51.5 cm³/mol. The molecule has 0 spiro atoms. The fraction of sp³-hybridized carbons (Fsp3) is 0.333. The van der Waals surface area contributed by atoms with Gasteiger partial charge in [-0.2, -0.15) is 0 Å². The molecule has 3 N–H and O–H groups in total. The predicted octanol–water partition coefficient (Wildman–Crippen LogP) is -0.162. The summed E-state index contributed by atoms with van der Waals surface area (Å²) in [5, 5.41) is 0. The van der Waals surface area contributed by atoms with Crippen molar-refractivity contribution in [1.29, 1.82) is 0 Å². The number of nitrogens with two attached hydrogens (primary N) is 1. The Kier molecular flexibility index (Phi) is 4.20. The number of nitrogens with zero attached hydrogens (tertiary/aromatic N) is 1. The Bertz CT molecular complexity index is 355. The second kappa shape index (κ2) is 4.66. The summed E-state index contributed by atoms with van der Waals surface area (Å²) in [5.41, 5.74) is 4.04. The summed E-state index contributed by atoms with van der Waals surface area (Å²) in [5.74, 6) is 0.0251. The number of nitrogens with one attached hydrogen (secondary N) is 1. The van der Waals surface area contributed by atoms with Gasteiger partial charge in [-0.25, -0.2) is 8.77 Å². The maximum atomic E-state index is 10.6. The summed E-state index contributed by atoms with van der Waals surface area (Å²) < 4.78 is 0.849. The molecule has 0 saturated carbocycles. The minimum Gasteiger partial charge on any atom is -0.384 e. The molecule has 0 aliphatic carbocycles. The Labute approximate surface area is 74.8 Å². The van der Waals surface area contributed by atoms with Crippen LogP contribution in [-0.4, -0.2) is 8.96 Å². The highest BCUT2D eigenvalue weighted by atomic mass is 32.1. The fourth-order valence-electron chi connectivity index (χ4n) is 0.507. The first-order valence-corrected chi connectivity index (χ1v) is 3.82. The Hall–Kier alpha value is -1.17. The first-order valence-electron chi connectivity index (χ1n) is 3.42. The van der Waals surface area contributed by atoms with Gasteiger partial charge in [-0.05, 0) is 0 Å². The van der Waals surface area contributed by atoms with Crippen LogP contribution < -0.4 is 17.0 Å². The third kappa shape index (κ3) is 2.46. The monoisotopic (exact) mass is 189 g/mol. The van der Waals surface area contributed by atoms with E-state index in [0.29, 0.717) is 0 Å². The Morgan fingerprint density at radius 3 is 2.42 bits per heavy atom. The quantitative estimate of drug-likeness (QED) is 0.496. The van der Waals surface area contributed by atoms with Crippen LogP contribution in [0, 0.1) is 0 Å². The summed E-state index contributed by atoms with van der Waals surface area (Å²) in [6, 6.07) is 1.08. The number of nitrogen functional groups attached to an aromatic ring is 1. The summed E-state index contributed by atoms with van der Waals surface area (Å²) in [6.07, 6.45) is 0.